The molecule has 0 radical (unpaired) electrons. The number of rotatable bonds is 3. The molecular formula is C19H19F3N2O. The lowest BCUT2D eigenvalue weighted by atomic mass is 9.81. The van der Waals surface area contributed by atoms with E-state index in [9.17, 15) is 18.0 Å². The molecule has 1 aromatic heterocycles. The molecule has 0 aliphatic heterocycles. The monoisotopic (exact) mass is 348 g/mol. The molecule has 1 fully saturated rings. The van der Waals surface area contributed by atoms with E-state index in [-0.39, 0.29) is 17.9 Å². The van der Waals surface area contributed by atoms with Crippen molar-refractivity contribution >= 4 is 5.91 Å². The average molecular weight is 348 g/mol. The van der Waals surface area contributed by atoms with Gasteiger partial charge in [0.25, 0.3) is 5.91 Å². The zero-order valence-electron chi connectivity index (χ0n) is 13.6. The molecule has 1 heterocycles. The first-order valence-electron chi connectivity index (χ1n) is 8.32. The molecule has 25 heavy (non-hydrogen) atoms. The molecule has 6 heteroatoms. The highest BCUT2D eigenvalue weighted by Crippen LogP contribution is 2.35. The zero-order chi connectivity index (χ0) is 17.9. The van der Waals surface area contributed by atoms with E-state index < -0.39 is 11.7 Å². The maximum atomic E-state index is 12.7. The fourth-order valence-corrected chi connectivity index (χ4v) is 3.32. The summed E-state index contributed by atoms with van der Waals surface area (Å²) in [5, 5.41) is 2.99. The van der Waals surface area contributed by atoms with Crippen LogP contribution >= 0.6 is 0 Å². The standard InChI is InChI=1S/C19H19F3N2O/c20-19(21,22)15-9-7-13(8-10-15)14-4-3-5-16(12-14)24-18(25)17-6-1-2-11-23-17/h1-2,6-11,14,16H,3-5,12H2,(H,24,25)/t14-,16+/m1/s1. The molecule has 3 nitrogen and oxygen atoms in total. The first kappa shape index (κ1) is 17.5. The number of amides is 1. The van der Waals surface area contributed by atoms with Crippen molar-refractivity contribution in [2.45, 2.75) is 43.8 Å². The minimum atomic E-state index is -4.32. The molecule has 0 unspecified atom stereocenters. The van der Waals surface area contributed by atoms with Gasteiger partial charge in [0.2, 0.25) is 0 Å². The molecule has 0 bridgehead atoms. The Morgan fingerprint density at radius 2 is 1.84 bits per heavy atom. The molecule has 2 aromatic rings. The number of hydrogen-bond acceptors (Lipinski definition) is 2. The van der Waals surface area contributed by atoms with Crippen LogP contribution in [0.5, 0.6) is 0 Å². The van der Waals surface area contributed by atoms with Crippen LogP contribution in [0.25, 0.3) is 0 Å². The Morgan fingerprint density at radius 3 is 2.48 bits per heavy atom. The summed E-state index contributed by atoms with van der Waals surface area (Å²) in [4.78, 5) is 16.2. The molecule has 1 aromatic carbocycles. The van der Waals surface area contributed by atoms with Crippen molar-refractivity contribution in [3.05, 3.63) is 65.5 Å². The largest absolute Gasteiger partial charge is 0.416 e. The molecule has 1 amide bonds. The van der Waals surface area contributed by atoms with E-state index in [1.807, 2.05) is 0 Å². The summed E-state index contributed by atoms with van der Waals surface area (Å²) in [7, 11) is 0. The van der Waals surface area contributed by atoms with E-state index in [4.69, 9.17) is 0 Å². The van der Waals surface area contributed by atoms with E-state index in [1.54, 1.807) is 36.5 Å². The third-order valence-corrected chi connectivity index (χ3v) is 4.62. The SMILES string of the molecule is O=C(N[C@H]1CCC[C@@H](c2ccc(C(F)(F)F)cc2)C1)c1ccccn1. The third-order valence-electron chi connectivity index (χ3n) is 4.62. The van der Waals surface area contributed by atoms with Gasteiger partial charge in [-0.05, 0) is 55.0 Å². The van der Waals surface area contributed by atoms with Gasteiger partial charge in [0.05, 0.1) is 5.56 Å². The summed E-state index contributed by atoms with van der Waals surface area (Å²) in [5.41, 5.74) is 0.635. The number of hydrogen-bond donors (Lipinski definition) is 1. The van der Waals surface area contributed by atoms with Gasteiger partial charge in [0, 0.05) is 12.2 Å². The lowest BCUT2D eigenvalue weighted by Gasteiger charge is -2.30. The molecule has 2 atom stereocenters. The summed E-state index contributed by atoms with van der Waals surface area (Å²) in [6.07, 6.45) is 0.699. The van der Waals surface area contributed by atoms with Crippen LogP contribution < -0.4 is 5.32 Å². The smallest absolute Gasteiger partial charge is 0.348 e. The van der Waals surface area contributed by atoms with Crippen LogP contribution in [0.3, 0.4) is 0 Å². The molecule has 132 valence electrons. The van der Waals surface area contributed by atoms with Gasteiger partial charge in [-0.1, -0.05) is 24.6 Å². The van der Waals surface area contributed by atoms with Gasteiger partial charge in [-0.25, -0.2) is 0 Å². The maximum absolute atomic E-state index is 12.7. The highest BCUT2D eigenvalue weighted by molar-refractivity contribution is 5.92. The molecule has 3 rings (SSSR count). The fourth-order valence-electron chi connectivity index (χ4n) is 3.32. The van der Waals surface area contributed by atoms with Crippen LogP contribution in [-0.2, 0) is 6.18 Å². The van der Waals surface area contributed by atoms with Crippen molar-refractivity contribution in [3.8, 4) is 0 Å². The number of halogens is 3. The van der Waals surface area contributed by atoms with Crippen LogP contribution in [0.2, 0.25) is 0 Å². The molecule has 0 saturated heterocycles. The lowest BCUT2D eigenvalue weighted by molar-refractivity contribution is -0.137. The molecule has 1 aliphatic rings. The van der Waals surface area contributed by atoms with Crippen LogP contribution in [0.1, 0.15) is 53.2 Å². The summed E-state index contributed by atoms with van der Waals surface area (Å²) in [5.74, 6) is -0.0521. The van der Waals surface area contributed by atoms with Gasteiger partial charge in [0.1, 0.15) is 5.69 Å². The third kappa shape index (κ3) is 4.38. The summed E-state index contributed by atoms with van der Waals surface area (Å²) < 4.78 is 38.0. The average Bonchev–Trinajstić information content (AvgIpc) is 2.62. The predicted octanol–water partition coefficient (Wildman–Crippen LogP) is 4.56. The van der Waals surface area contributed by atoms with Crippen molar-refractivity contribution in [1.29, 1.82) is 0 Å². The predicted molar refractivity (Wildman–Crippen MR) is 88.1 cm³/mol. The van der Waals surface area contributed by atoms with Gasteiger partial charge in [-0.15, -0.1) is 0 Å². The minimum absolute atomic E-state index is 0.00977. The van der Waals surface area contributed by atoms with E-state index in [1.165, 1.54) is 0 Å². The number of pyridine rings is 1. The number of carbonyl (C=O) groups excluding carboxylic acids is 1. The Morgan fingerprint density at radius 1 is 1.08 bits per heavy atom. The van der Waals surface area contributed by atoms with Gasteiger partial charge < -0.3 is 5.32 Å². The van der Waals surface area contributed by atoms with Gasteiger partial charge >= 0.3 is 6.18 Å². The first-order chi connectivity index (χ1) is 11.9. The van der Waals surface area contributed by atoms with E-state index in [0.717, 1.165) is 43.4 Å². The highest BCUT2D eigenvalue weighted by atomic mass is 19.4. The number of carbonyl (C=O) groups is 1. The summed E-state index contributed by atoms with van der Waals surface area (Å²) >= 11 is 0. The number of benzene rings is 1. The Labute approximate surface area is 144 Å². The Balaban J connectivity index is 1.64. The van der Waals surface area contributed by atoms with E-state index >= 15 is 0 Å². The first-order valence-corrected chi connectivity index (χ1v) is 8.32. The lowest BCUT2D eigenvalue weighted by Crippen LogP contribution is -2.38. The minimum Gasteiger partial charge on any atom is -0.348 e. The van der Waals surface area contributed by atoms with Crippen LogP contribution in [0.15, 0.2) is 48.7 Å². The quantitative estimate of drug-likeness (QED) is 0.884. The second-order valence-corrected chi connectivity index (χ2v) is 6.37. The van der Waals surface area contributed by atoms with Gasteiger partial charge in [-0.2, -0.15) is 13.2 Å². The highest BCUT2D eigenvalue weighted by Gasteiger charge is 2.31. The normalized spacial score (nSPS) is 20.9. The summed E-state index contributed by atoms with van der Waals surface area (Å²) in [6, 6.07) is 10.5. The Kier molecular flexibility index (Phi) is 5.06. The zero-order valence-corrected chi connectivity index (χ0v) is 13.6. The molecular weight excluding hydrogens is 329 g/mol. The van der Waals surface area contributed by atoms with Crippen LogP contribution in [0, 0.1) is 0 Å². The van der Waals surface area contributed by atoms with Crippen molar-refractivity contribution in [1.82, 2.24) is 10.3 Å². The number of nitrogens with zero attached hydrogens (tertiary/aromatic N) is 1. The molecule has 1 N–H and O–H groups in total. The summed E-state index contributed by atoms with van der Waals surface area (Å²) in [6.45, 7) is 0. The van der Waals surface area contributed by atoms with E-state index in [2.05, 4.69) is 10.3 Å². The van der Waals surface area contributed by atoms with Crippen molar-refractivity contribution in [2.75, 3.05) is 0 Å². The fraction of sp³-hybridized carbons (Fsp3) is 0.368. The molecule has 0 spiro atoms. The Bertz CT molecular complexity index is 714. The topological polar surface area (TPSA) is 42.0 Å². The van der Waals surface area contributed by atoms with Crippen molar-refractivity contribution in [2.24, 2.45) is 0 Å². The van der Waals surface area contributed by atoms with Gasteiger partial charge in [0.15, 0.2) is 0 Å². The van der Waals surface area contributed by atoms with E-state index in [0.29, 0.717) is 5.69 Å². The Hall–Kier alpha value is -2.37. The second-order valence-electron chi connectivity index (χ2n) is 6.37. The van der Waals surface area contributed by atoms with Gasteiger partial charge in [-0.3, -0.25) is 9.78 Å². The van der Waals surface area contributed by atoms with Crippen molar-refractivity contribution in [3.63, 3.8) is 0 Å². The number of alkyl halides is 3. The number of aromatic nitrogens is 1. The van der Waals surface area contributed by atoms with Crippen LogP contribution in [-0.4, -0.2) is 16.9 Å². The maximum Gasteiger partial charge on any atom is 0.416 e. The molecule has 1 saturated carbocycles. The number of nitrogens with one attached hydrogen (secondary N) is 1. The van der Waals surface area contributed by atoms with Crippen molar-refractivity contribution < 1.29 is 18.0 Å². The van der Waals surface area contributed by atoms with Crippen LogP contribution in [0.4, 0.5) is 13.2 Å². The second kappa shape index (κ2) is 7.25. The molecule has 1 aliphatic carbocycles.